The van der Waals surface area contributed by atoms with Crippen molar-refractivity contribution in [3.63, 3.8) is 0 Å². The van der Waals surface area contributed by atoms with E-state index in [9.17, 15) is 4.39 Å². The summed E-state index contributed by atoms with van der Waals surface area (Å²) in [5.41, 5.74) is -0.257. The predicted octanol–water partition coefficient (Wildman–Crippen LogP) is 6.59. The third-order valence-electron chi connectivity index (χ3n) is 4.14. The summed E-state index contributed by atoms with van der Waals surface area (Å²) in [5, 5.41) is 4.03. The fraction of sp³-hybridized carbons (Fsp3) is 0.812. The van der Waals surface area contributed by atoms with Crippen LogP contribution in [0.2, 0.25) is 10.3 Å². The summed E-state index contributed by atoms with van der Waals surface area (Å²) < 4.78 is 15.3. The summed E-state index contributed by atoms with van der Waals surface area (Å²) in [7, 11) is 0. The van der Waals surface area contributed by atoms with Crippen molar-refractivity contribution in [2.24, 2.45) is 0 Å². The van der Waals surface area contributed by atoms with Gasteiger partial charge in [-0.2, -0.15) is 5.10 Å². The lowest BCUT2D eigenvalue weighted by atomic mass is 9.88. The van der Waals surface area contributed by atoms with Crippen molar-refractivity contribution in [2.45, 2.75) is 84.1 Å². The molecule has 1 rings (SSSR count). The third-order valence-corrected chi connectivity index (χ3v) is 4.70. The number of hydrogen-bond acceptors (Lipinski definition) is 1. The standard InChI is InChI=1S/C16H27Cl2FN2/c1-4-6-8-9-10-12-16(3,11-7-5-2)21-15(18)13(19)14(17)20-21/h4-12H2,1-3H3. The van der Waals surface area contributed by atoms with E-state index >= 15 is 0 Å². The molecule has 1 unspecified atom stereocenters. The van der Waals surface area contributed by atoms with Gasteiger partial charge in [-0.05, 0) is 19.8 Å². The Labute approximate surface area is 138 Å². The largest absolute Gasteiger partial charge is 0.244 e. The second-order valence-electron chi connectivity index (χ2n) is 6.07. The van der Waals surface area contributed by atoms with Crippen molar-refractivity contribution in [2.75, 3.05) is 0 Å². The Morgan fingerprint density at radius 1 is 1.00 bits per heavy atom. The molecular weight excluding hydrogens is 310 g/mol. The molecule has 1 aromatic heterocycles. The molecule has 122 valence electrons. The number of unbranched alkanes of at least 4 members (excludes halogenated alkanes) is 5. The van der Waals surface area contributed by atoms with Gasteiger partial charge in [0.15, 0.2) is 16.1 Å². The van der Waals surface area contributed by atoms with E-state index in [-0.39, 0.29) is 15.8 Å². The number of aromatic nitrogens is 2. The van der Waals surface area contributed by atoms with Crippen LogP contribution in [-0.2, 0) is 5.54 Å². The van der Waals surface area contributed by atoms with E-state index in [1.165, 1.54) is 25.7 Å². The molecule has 0 saturated carbocycles. The smallest absolute Gasteiger partial charge is 0.199 e. The molecule has 1 aromatic rings. The zero-order chi connectivity index (χ0) is 15.9. The third kappa shape index (κ3) is 5.14. The zero-order valence-corrected chi connectivity index (χ0v) is 14.9. The van der Waals surface area contributed by atoms with Gasteiger partial charge in [-0.15, -0.1) is 0 Å². The SMILES string of the molecule is CCCCCCCC(C)(CCCC)n1nc(Cl)c(F)c1Cl. The van der Waals surface area contributed by atoms with Gasteiger partial charge in [-0.1, -0.05) is 82.0 Å². The number of halogens is 3. The van der Waals surface area contributed by atoms with Crippen molar-refractivity contribution in [3.05, 3.63) is 16.1 Å². The van der Waals surface area contributed by atoms with E-state index < -0.39 is 5.82 Å². The minimum absolute atomic E-state index is 0.0344. The monoisotopic (exact) mass is 336 g/mol. The molecule has 21 heavy (non-hydrogen) atoms. The highest BCUT2D eigenvalue weighted by Crippen LogP contribution is 2.35. The van der Waals surface area contributed by atoms with Gasteiger partial charge in [0.2, 0.25) is 0 Å². The van der Waals surface area contributed by atoms with Crippen LogP contribution in [0.4, 0.5) is 4.39 Å². The molecule has 0 amide bonds. The van der Waals surface area contributed by atoms with Crippen molar-refractivity contribution >= 4 is 23.2 Å². The quantitative estimate of drug-likeness (QED) is 0.440. The first-order valence-electron chi connectivity index (χ1n) is 8.06. The van der Waals surface area contributed by atoms with Gasteiger partial charge in [0.05, 0.1) is 5.54 Å². The van der Waals surface area contributed by atoms with Crippen LogP contribution in [-0.4, -0.2) is 9.78 Å². The number of nitrogens with zero attached hydrogens (tertiary/aromatic N) is 2. The Morgan fingerprint density at radius 3 is 2.10 bits per heavy atom. The average Bonchev–Trinajstić information content (AvgIpc) is 2.73. The molecule has 0 N–H and O–H groups in total. The van der Waals surface area contributed by atoms with Crippen LogP contribution in [0.5, 0.6) is 0 Å². The fourth-order valence-corrected chi connectivity index (χ4v) is 3.26. The summed E-state index contributed by atoms with van der Waals surface area (Å²) in [6, 6.07) is 0. The van der Waals surface area contributed by atoms with Crippen molar-refractivity contribution < 1.29 is 4.39 Å². The van der Waals surface area contributed by atoms with Crippen molar-refractivity contribution in [1.82, 2.24) is 9.78 Å². The molecular formula is C16H27Cl2FN2. The molecule has 0 aromatic carbocycles. The maximum absolute atomic E-state index is 13.7. The molecule has 1 heterocycles. The molecule has 2 nitrogen and oxygen atoms in total. The first-order chi connectivity index (χ1) is 9.96. The van der Waals surface area contributed by atoms with Gasteiger partial charge in [-0.3, -0.25) is 0 Å². The van der Waals surface area contributed by atoms with E-state index in [4.69, 9.17) is 23.2 Å². The Kier molecular flexibility index (Phi) is 8.04. The van der Waals surface area contributed by atoms with E-state index in [2.05, 4.69) is 25.9 Å². The summed E-state index contributed by atoms with van der Waals surface area (Å²) >= 11 is 11.9. The van der Waals surface area contributed by atoms with Crippen LogP contribution in [0, 0.1) is 5.82 Å². The van der Waals surface area contributed by atoms with Crippen LogP contribution in [0.15, 0.2) is 0 Å². The molecule has 0 bridgehead atoms. The van der Waals surface area contributed by atoms with Gasteiger partial charge >= 0.3 is 0 Å². The van der Waals surface area contributed by atoms with Crippen LogP contribution in [0.3, 0.4) is 0 Å². The number of rotatable bonds is 10. The van der Waals surface area contributed by atoms with E-state index in [0.29, 0.717) is 0 Å². The summed E-state index contributed by atoms with van der Waals surface area (Å²) in [6.45, 7) is 6.47. The second-order valence-corrected chi connectivity index (χ2v) is 6.79. The Balaban J connectivity index is 2.79. The van der Waals surface area contributed by atoms with Gasteiger partial charge in [-0.25, -0.2) is 9.07 Å². The zero-order valence-electron chi connectivity index (χ0n) is 13.4. The maximum atomic E-state index is 13.7. The van der Waals surface area contributed by atoms with E-state index in [1.54, 1.807) is 4.68 Å². The lowest BCUT2D eigenvalue weighted by Crippen LogP contribution is -2.31. The molecule has 0 radical (unpaired) electrons. The molecule has 0 spiro atoms. The van der Waals surface area contributed by atoms with E-state index in [0.717, 1.165) is 32.1 Å². The minimum atomic E-state index is -0.605. The number of hydrogen-bond donors (Lipinski definition) is 0. The Bertz CT molecular complexity index is 434. The molecule has 1 atom stereocenters. The fourth-order valence-electron chi connectivity index (χ4n) is 2.72. The van der Waals surface area contributed by atoms with Crippen LogP contribution < -0.4 is 0 Å². The summed E-state index contributed by atoms with van der Waals surface area (Å²) in [5.74, 6) is -0.605. The average molecular weight is 337 g/mol. The highest BCUT2D eigenvalue weighted by molar-refractivity contribution is 6.33. The molecule has 0 saturated heterocycles. The molecule has 5 heteroatoms. The summed E-state index contributed by atoms with van der Waals surface area (Å²) in [4.78, 5) is 0. The molecule has 0 aliphatic heterocycles. The molecule has 0 fully saturated rings. The normalized spacial score (nSPS) is 14.4. The highest BCUT2D eigenvalue weighted by atomic mass is 35.5. The van der Waals surface area contributed by atoms with Gasteiger partial charge in [0, 0.05) is 0 Å². The van der Waals surface area contributed by atoms with Gasteiger partial charge < -0.3 is 0 Å². The first kappa shape index (κ1) is 18.8. The van der Waals surface area contributed by atoms with Crippen molar-refractivity contribution in [1.29, 1.82) is 0 Å². The minimum Gasteiger partial charge on any atom is -0.244 e. The van der Waals surface area contributed by atoms with Crippen molar-refractivity contribution in [3.8, 4) is 0 Å². The Hall–Kier alpha value is -0.280. The van der Waals surface area contributed by atoms with Crippen LogP contribution in [0.1, 0.15) is 78.6 Å². The summed E-state index contributed by atoms with van der Waals surface area (Å²) in [6.07, 6.45) is 10.1. The molecule has 0 aliphatic rings. The van der Waals surface area contributed by atoms with E-state index in [1.807, 2.05) is 0 Å². The van der Waals surface area contributed by atoms with Crippen LogP contribution >= 0.6 is 23.2 Å². The molecule has 0 aliphatic carbocycles. The van der Waals surface area contributed by atoms with Crippen LogP contribution in [0.25, 0.3) is 0 Å². The topological polar surface area (TPSA) is 17.8 Å². The predicted molar refractivity (Wildman–Crippen MR) is 88.8 cm³/mol. The second kappa shape index (κ2) is 8.99. The van der Waals surface area contributed by atoms with Gasteiger partial charge in [0.25, 0.3) is 0 Å². The highest BCUT2D eigenvalue weighted by Gasteiger charge is 2.31. The maximum Gasteiger partial charge on any atom is 0.199 e. The first-order valence-corrected chi connectivity index (χ1v) is 8.82. The lowest BCUT2D eigenvalue weighted by molar-refractivity contribution is 0.228. The Morgan fingerprint density at radius 2 is 1.57 bits per heavy atom. The van der Waals surface area contributed by atoms with Gasteiger partial charge in [0.1, 0.15) is 0 Å². The lowest BCUT2D eigenvalue weighted by Gasteiger charge is -2.31.